The quantitative estimate of drug-likeness (QED) is 0.626. The molecule has 1 N–H and O–H groups in total. The van der Waals surface area contributed by atoms with Crippen molar-refractivity contribution in [3.05, 3.63) is 33.9 Å². The van der Waals surface area contributed by atoms with Crippen LogP contribution in [0.25, 0.3) is 0 Å². The molecule has 0 saturated heterocycles. The summed E-state index contributed by atoms with van der Waals surface area (Å²) in [7, 11) is 0. The molecule has 0 amide bonds. The van der Waals surface area contributed by atoms with Crippen LogP contribution in [0.1, 0.15) is 5.56 Å². The Morgan fingerprint density at radius 2 is 2.25 bits per heavy atom. The van der Waals surface area contributed by atoms with Gasteiger partial charge < -0.3 is 9.84 Å². The molecule has 0 saturated carbocycles. The van der Waals surface area contributed by atoms with Gasteiger partial charge in [0.1, 0.15) is 5.75 Å². The van der Waals surface area contributed by atoms with Gasteiger partial charge in [-0.15, -0.1) is 0 Å². The minimum Gasteiger partial charge on any atom is -0.476 e. The molecule has 1 aromatic rings. The van der Waals surface area contributed by atoms with Gasteiger partial charge in [-0.25, -0.2) is 4.79 Å². The third-order valence-electron chi connectivity index (χ3n) is 1.88. The summed E-state index contributed by atoms with van der Waals surface area (Å²) in [6, 6.07) is 3.77. The van der Waals surface area contributed by atoms with Crippen molar-refractivity contribution in [2.24, 2.45) is 0 Å². The highest BCUT2D eigenvalue weighted by atomic mass is 19.1. The average Bonchev–Trinajstić information content (AvgIpc) is 2.20. The molecule has 6 nitrogen and oxygen atoms in total. The fraction of sp³-hybridized carbons (Fsp3) is 0.222. The molecule has 1 aromatic carbocycles. The lowest BCUT2D eigenvalue weighted by molar-refractivity contribution is -0.385. The maximum atomic E-state index is 12.7. The minimum atomic E-state index is -2.54. The Kier molecular flexibility index (Phi) is 3.39. The first kappa shape index (κ1) is 11.9. The van der Waals surface area contributed by atoms with Crippen LogP contribution in [-0.4, -0.2) is 22.4 Å². The Labute approximate surface area is 89.4 Å². The molecule has 0 bridgehead atoms. The minimum absolute atomic E-state index is 0.0800. The van der Waals surface area contributed by atoms with Crippen molar-refractivity contribution >= 4 is 11.7 Å². The van der Waals surface area contributed by atoms with Gasteiger partial charge in [-0.3, -0.25) is 10.1 Å². The van der Waals surface area contributed by atoms with Crippen LogP contribution in [0.5, 0.6) is 5.75 Å². The van der Waals surface area contributed by atoms with E-state index in [1.807, 2.05) is 0 Å². The van der Waals surface area contributed by atoms with Crippen LogP contribution in [0.3, 0.4) is 0 Å². The fourth-order valence-corrected chi connectivity index (χ4v) is 1.09. The number of rotatable bonds is 4. The number of carboxylic acids is 1. The second-order valence-electron chi connectivity index (χ2n) is 2.93. The normalized spacial score (nSPS) is 11.9. The fourth-order valence-electron chi connectivity index (χ4n) is 1.09. The summed E-state index contributed by atoms with van der Waals surface area (Å²) >= 11 is 0. The van der Waals surface area contributed by atoms with Gasteiger partial charge in [-0.05, 0) is 13.0 Å². The van der Waals surface area contributed by atoms with E-state index in [4.69, 9.17) is 5.11 Å². The zero-order valence-corrected chi connectivity index (χ0v) is 8.21. The highest BCUT2D eigenvalue weighted by molar-refractivity contribution is 5.71. The molecular weight excluding hydrogens is 221 g/mol. The molecule has 0 radical (unpaired) electrons. The Bertz CT molecular complexity index is 434. The molecule has 16 heavy (non-hydrogen) atoms. The maximum absolute atomic E-state index is 12.7. The number of carbonyl (C=O) groups is 1. The van der Waals surface area contributed by atoms with Gasteiger partial charge in [0.15, 0.2) is 0 Å². The van der Waals surface area contributed by atoms with Crippen molar-refractivity contribution in [1.82, 2.24) is 0 Å². The average molecular weight is 229 g/mol. The third-order valence-corrected chi connectivity index (χ3v) is 1.88. The van der Waals surface area contributed by atoms with E-state index < -0.39 is 17.3 Å². The number of hydrogen-bond donors (Lipinski definition) is 1. The number of carboxylic acid groups (broad SMARTS) is 1. The zero-order valence-electron chi connectivity index (χ0n) is 8.21. The summed E-state index contributed by atoms with van der Waals surface area (Å²) in [6.07, 6.45) is -2.54. The number of halogens is 1. The monoisotopic (exact) mass is 229 g/mol. The number of nitro groups is 1. The van der Waals surface area contributed by atoms with Crippen molar-refractivity contribution < 1.29 is 24.0 Å². The number of benzene rings is 1. The third kappa shape index (κ3) is 2.44. The van der Waals surface area contributed by atoms with E-state index in [-0.39, 0.29) is 17.0 Å². The molecular formula is C9H8FNO5. The highest BCUT2D eigenvalue weighted by Gasteiger charge is 2.21. The van der Waals surface area contributed by atoms with E-state index in [9.17, 15) is 19.3 Å². The van der Waals surface area contributed by atoms with Gasteiger partial charge in [0.05, 0.1) is 10.5 Å². The van der Waals surface area contributed by atoms with Crippen molar-refractivity contribution in [2.75, 3.05) is 0 Å². The first-order valence-electron chi connectivity index (χ1n) is 4.21. The number of nitrogens with zero attached hydrogens (tertiary/aromatic N) is 1. The highest BCUT2D eigenvalue weighted by Crippen LogP contribution is 2.27. The second kappa shape index (κ2) is 4.56. The van der Waals surface area contributed by atoms with Crippen molar-refractivity contribution in [2.45, 2.75) is 13.3 Å². The van der Waals surface area contributed by atoms with Gasteiger partial charge in [-0.2, -0.15) is 4.39 Å². The van der Waals surface area contributed by atoms with Crippen molar-refractivity contribution in [1.29, 1.82) is 0 Å². The number of alkyl halides is 1. The standard InChI is InChI=1S/C9H8FNO5/c1-5-6(11(14)15)3-2-4-7(5)16-8(10)9(12)13/h2-4,8H,1H3,(H,12,13). The Morgan fingerprint density at radius 3 is 2.75 bits per heavy atom. The summed E-state index contributed by atoms with van der Waals surface area (Å²) in [5, 5.41) is 18.8. The Balaban J connectivity index is 3.02. The molecule has 86 valence electrons. The molecule has 1 rings (SSSR count). The first-order chi connectivity index (χ1) is 7.43. The van der Waals surface area contributed by atoms with E-state index in [0.29, 0.717) is 0 Å². The number of ether oxygens (including phenoxy) is 1. The van der Waals surface area contributed by atoms with Crippen LogP contribution < -0.4 is 4.74 Å². The SMILES string of the molecule is Cc1c(OC(F)C(=O)O)cccc1[N+](=O)[O-]. The molecule has 0 spiro atoms. The van der Waals surface area contributed by atoms with E-state index in [2.05, 4.69) is 4.74 Å². The predicted octanol–water partition coefficient (Wildman–Crippen LogP) is 1.66. The van der Waals surface area contributed by atoms with E-state index in [1.54, 1.807) is 0 Å². The van der Waals surface area contributed by atoms with Gasteiger partial charge in [0.25, 0.3) is 5.69 Å². The molecule has 7 heteroatoms. The van der Waals surface area contributed by atoms with E-state index >= 15 is 0 Å². The lowest BCUT2D eigenvalue weighted by atomic mass is 10.2. The lowest BCUT2D eigenvalue weighted by Crippen LogP contribution is -2.21. The summed E-state index contributed by atoms with van der Waals surface area (Å²) in [6.45, 7) is 1.35. The van der Waals surface area contributed by atoms with Crippen LogP contribution >= 0.6 is 0 Å². The molecule has 1 atom stereocenters. The lowest BCUT2D eigenvalue weighted by Gasteiger charge is -2.09. The number of nitro benzene ring substituents is 1. The van der Waals surface area contributed by atoms with Crippen LogP contribution in [0.4, 0.5) is 10.1 Å². The summed E-state index contributed by atoms with van der Waals surface area (Å²) < 4.78 is 17.2. The molecule has 1 unspecified atom stereocenters. The maximum Gasteiger partial charge on any atom is 0.378 e. The second-order valence-corrected chi connectivity index (χ2v) is 2.93. The molecule has 0 aliphatic rings. The molecule has 0 aliphatic heterocycles. The molecule has 0 fully saturated rings. The van der Waals surface area contributed by atoms with Crippen LogP contribution in [-0.2, 0) is 4.79 Å². The van der Waals surface area contributed by atoms with E-state index in [0.717, 1.165) is 0 Å². The van der Waals surface area contributed by atoms with Gasteiger partial charge in [0, 0.05) is 6.07 Å². The Hall–Kier alpha value is -2.18. The number of aliphatic carboxylic acids is 1. The van der Waals surface area contributed by atoms with Crippen molar-refractivity contribution in [3.63, 3.8) is 0 Å². The summed E-state index contributed by atoms with van der Waals surface area (Å²) in [5.41, 5.74) is -0.175. The Morgan fingerprint density at radius 1 is 1.62 bits per heavy atom. The number of hydrogen-bond acceptors (Lipinski definition) is 4. The van der Waals surface area contributed by atoms with Crippen LogP contribution in [0, 0.1) is 17.0 Å². The topological polar surface area (TPSA) is 89.7 Å². The van der Waals surface area contributed by atoms with Crippen LogP contribution in [0.15, 0.2) is 18.2 Å². The molecule has 0 heterocycles. The molecule has 0 aliphatic carbocycles. The molecule has 0 aromatic heterocycles. The smallest absolute Gasteiger partial charge is 0.378 e. The van der Waals surface area contributed by atoms with Crippen LogP contribution in [0.2, 0.25) is 0 Å². The van der Waals surface area contributed by atoms with Gasteiger partial charge in [-0.1, -0.05) is 6.07 Å². The van der Waals surface area contributed by atoms with Gasteiger partial charge >= 0.3 is 12.3 Å². The van der Waals surface area contributed by atoms with Crippen molar-refractivity contribution in [3.8, 4) is 5.75 Å². The van der Waals surface area contributed by atoms with E-state index in [1.165, 1.54) is 25.1 Å². The van der Waals surface area contributed by atoms with Gasteiger partial charge in [0.2, 0.25) is 0 Å². The summed E-state index contributed by atoms with van der Waals surface area (Å²) in [5.74, 6) is -1.95. The first-order valence-corrected chi connectivity index (χ1v) is 4.21. The summed E-state index contributed by atoms with van der Waals surface area (Å²) in [4.78, 5) is 20.1. The predicted molar refractivity (Wildman–Crippen MR) is 51.0 cm³/mol. The largest absolute Gasteiger partial charge is 0.476 e. The zero-order chi connectivity index (χ0) is 12.3.